The van der Waals surface area contributed by atoms with Crippen LogP contribution in [0.25, 0.3) is 0 Å². The molecule has 2 heteroatoms. The van der Waals surface area contributed by atoms with E-state index in [9.17, 15) is 0 Å². The molecule has 2 N–H and O–H groups in total. The summed E-state index contributed by atoms with van der Waals surface area (Å²) < 4.78 is 5.25. The van der Waals surface area contributed by atoms with Gasteiger partial charge in [0.15, 0.2) is 0 Å². The van der Waals surface area contributed by atoms with Crippen molar-refractivity contribution in [3.05, 3.63) is 0 Å². The Morgan fingerprint density at radius 1 is 1.42 bits per heavy atom. The summed E-state index contributed by atoms with van der Waals surface area (Å²) in [6.45, 7) is 3.79. The first-order valence-corrected chi connectivity index (χ1v) is 5.18. The molecule has 0 aliphatic heterocycles. The number of hydrogen-bond donors (Lipinski definition) is 1. The highest BCUT2D eigenvalue weighted by Crippen LogP contribution is 2.33. The Labute approximate surface area is 75.5 Å². The molecule has 1 rings (SSSR count). The normalized spacial score (nSPS) is 19.5. The zero-order chi connectivity index (χ0) is 8.81. The van der Waals surface area contributed by atoms with Gasteiger partial charge >= 0.3 is 0 Å². The fourth-order valence-corrected chi connectivity index (χ4v) is 1.49. The Bertz CT molecular complexity index is 112. The first-order valence-electron chi connectivity index (χ1n) is 5.18. The van der Waals surface area contributed by atoms with E-state index in [0.717, 1.165) is 19.1 Å². The maximum absolute atomic E-state index is 5.95. The molecule has 1 fully saturated rings. The zero-order valence-electron chi connectivity index (χ0n) is 8.09. The molecular weight excluding hydrogens is 150 g/mol. The highest BCUT2D eigenvalue weighted by molar-refractivity contribution is 4.83. The fourth-order valence-electron chi connectivity index (χ4n) is 1.49. The average molecular weight is 171 g/mol. The van der Waals surface area contributed by atoms with Crippen LogP contribution < -0.4 is 5.73 Å². The molecule has 0 heterocycles. The van der Waals surface area contributed by atoms with Crippen LogP contribution in [0.5, 0.6) is 0 Å². The van der Waals surface area contributed by atoms with Gasteiger partial charge in [-0.15, -0.1) is 0 Å². The van der Waals surface area contributed by atoms with Crippen LogP contribution in [0, 0.1) is 5.92 Å². The summed E-state index contributed by atoms with van der Waals surface area (Å²) in [5.41, 5.74) is 5.95. The molecule has 1 unspecified atom stereocenters. The van der Waals surface area contributed by atoms with E-state index in [1.165, 1.54) is 32.1 Å². The standard InChI is InChI=1S/C10H21NO/c1-2-12-8-4-3-5-10(11)9-6-7-9/h9-10H,2-8,11H2,1H3. The molecule has 1 aliphatic carbocycles. The van der Waals surface area contributed by atoms with Crippen LogP contribution in [0.4, 0.5) is 0 Å². The largest absolute Gasteiger partial charge is 0.382 e. The minimum absolute atomic E-state index is 0.478. The Morgan fingerprint density at radius 2 is 2.17 bits per heavy atom. The minimum atomic E-state index is 0.478. The lowest BCUT2D eigenvalue weighted by atomic mass is 10.1. The molecular formula is C10H21NO. The van der Waals surface area contributed by atoms with Crippen molar-refractivity contribution >= 4 is 0 Å². The van der Waals surface area contributed by atoms with Gasteiger partial charge in [0.1, 0.15) is 0 Å². The van der Waals surface area contributed by atoms with E-state index in [4.69, 9.17) is 10.5 Å². The summed E-state index contributed by atoms with van der Waals surface area (Å²) in [7, 11) is 0. The maximum Gasteiger partial charge on any atom is 0.0465 e. The Morgan fingerprint density at radius 3 is 2.75 bits per heavy atom. The molecule has 0 bridgehead atoms. The highest BCUT2D eigenvalue weighted by Gasteiger charge is 2.27. The van der Waals surface area contributed by atoms with Gasteiger partial charge in [0, 0.05) is 19.3 Å². The SMILES string of the molecule is CCOCCCCC(N)C1CC1. The van der Waals surface area contributed by atoms with E-state index in [1.54, 1.807) is 0 Å². The second-order valence-electron chi connectivity index (χ2n) is 3.69. The third-order valence-corrected chi connectivity index (χ3v) is 2.51. The summed E-state index contributed by atoms with van der Waals surface area (Å²) in [4.78, 5) is 0. The van der Waals surface area contributed by atoms with Crippen LogP contribution in [0.1, 0.15) is 39.0 Å². The first-order chi connectivity index (χ1) is 5.84. The summed E-state index contributed by atoms with van der Waals surface area (Å²) in [5.74, 6) is 0.858. The zero-order valence-corrected chi connectivity index (χ0v) is 8.09. The topological polar surface area (TPSA) is 35.2 Å². The predicted octanol–water partition coefficient (Wildman–Crippen LogP) is 1.93. The van der Waals surface area contributed by atoms with Gasteiger partial charge in [-0.3, -0.25) is 0 Å². The lowest BCUT2D eigenvalue weighted by molar-refractivity contribution is 0.142. The van der Waals surface area contributed by atoms with Gasteiger partial charge in [0.25, 0.3) is 0 Å². The maximum atomic E-state index is 5.95. The van der Waals surface area contributed by atoms with Gasteiger partial charge in [-0.25, -0.2) is 0 Å². The number of nitrogens with two attached hydrogens (primary N) is 1. The molecule has 1 aliphatic rings. The smallest absolute Gasteiger partial charge is 0.0465 e. The van der Waals surface area contributed by atoms with E-state index in [0.29, 0.717) is 6.04 Å². The quantitative estimate of drug-likeness (QED) is 0.594. The first kappa shape index (κ1) is 10.0. The molecule has 0 aromatic carbocycles. The number of unbranched alkanes of at least 4 members (excludes halogenated alkanes) is 1. The van der Waals surface area contributed by atoms with Crippen molar-refractivity contribution in [2.24, 2.45) is 11.7 Å². The van der Waals surface area contributed by atoms with Gasteiger partial charge in [-0.05, 0) is 44.9 Å². The van der Waals surface area contributed by atoms with Gasteiger partial charge in [0.2, 0.25) is 0 Å². The minimum Gasteiger partial charge on any atom is -0.382 e. The van der Waals surface area contributed by atoms with Crippen molar-refractivity contribution in [2.45, 2.75) is 45.1 Å². The van der Waals surface area contributed by atoms with Crippen molar-refractivity contribution in [1.29, 1.82) is 0 Å². The average Bonchev–Trinajstić information content (AvgIpc) is 2.86. The summed E-state index contributed by atoms with van der Waals surface area (Å²) in [5, 5.41) is 0. The van der Waals surface area contributed by atoms with Gasteiger partial charge in [-0.2, -0.15) is 0 Å². The van der Waals surface area contributed by atoms with Crippen molar-refractivity contribution in [3.8, 4) is 0 Å². The third kappa shape index (κ3) is 4.07. The van der Waals surface area contributed by atoms with Crippen LogP contribution in [-0.2, 0) is 4.74 Å². The molecule has 0 spiro atoms. The molecule has 0 radical (unpaired) electrons. The van der Waals surface area contributed by atoms with Gasteiger partial charge in [-0.1, -0.05) is 0 Å². The molecule has 0 amide bonds. The van der Waals surface area contributed by atoms with E-state index in [2.05, 4.69) is 0 Å². The molecule has 0 aromatic rings. The van der Waals surface area contributed by atoms with Crippen LogP contribution >= 0.6 is 0 Å². The van der Waals surface area contributed by atoms with Crippen molar-refractivity contribution in [1.82, 2.24) is 0 Å². The molecule has 1 saturated carbocycles. The van der Waals surface area contributed by atoms with Crippen molar-refractivity contribution in [3.63, 3.8) is 0 Å². The number of rotatable bonds is 7. The predicted molar refractivity (Wildman–Crippen MR) is 51.0 cm³/mol. The van der Waals surface area contributed by atoms with Crippen LogP contribution in [0.15, 0.2) is 0 Å². The lowest BCUT2D eigenvalue weighted by Crippen LogP contribution is -2.22. The van der Waals surface area contributed by atoms with Crippen LogP contribution in [0.3, 0.4) is 0 Å². The molecule has 12 heavy (non-hydrogen) atoms. The summed E-state index contributed by atoms with van der Waals surface area (Å²) >= 11 is 0. The molecule has 2 nitrogen and oxygen atoms in total. The Hall–Kier alpha value is -0.0800. The molecule has 1 atom stereocenters. The van der Waals surface area contributed by atoms with Crippen molar-refractivity contribution in [2.75, 3.05) is 13.2 Å². The highest BCUT2D eigenvalue weighted by atomic mass is 16.5. The van der Waals surface area contributed by atoms with Crippen molar-refractivity contribution < 1.29 is 4.74 Å². The summed E-state index contributed by atoms with van der Waals surface area (Å²) in [6, 6.07) is 0.478. The molecule has 72 valence electrons. The Balaban J connectivity index is 1.81. The van der Waals surface area contributed by atoms with Gasteiger partial charge < -0.3 is 10.5 Å². The van der Waals surface area contributed by atoms with E-state index in [-0.39, 0.29) is 0 Å². The molecule has 0 saturated heterocycles. The fraction of sp³-hybridized carbons (Fsp3) is 1.00. The number of hydrogen-bond acceptors (Lipinski definition) is 2. The monoisotopic (exact) mass is 171 g/mol. The van der Waals surface area contributed by atoms with E-state index >= 15 is 0 Å². The van der Waals surface area contributed by atoms with Crippen LogP contribution in [0.2, 0.25) is 0 Å². The van der Waals surface area contributed by atoms with Gasteiger partial charge in [0.05, 0.1) is 0 Å². The third-order valence-electron chi connectivity index (χ3n) is 2.51. The summed E-state index contributed by atoms with van der Waals surface area (Å²) in [6.07, 6.45) is 6.34. The number of ether oxygens (including phenoxy) is 1. The Kier molecular flexibility index (Phi) is 4.62. The second kappa shape index (κ2) is 5.55. The lowest BCUT2D eigenvalue weighted by Gasteiger charge is -2.08. The van der Waals surface area contributed by atoms with Crippen LogP contribution in [-0.4, -0.2) is 19.3 Å². The molecule has 0 aromatic heterocycles. The second-order valence-corrected chi connectivity index (χ2v) is 3.69. The van der Waals surface area contributed by atoms with E-state index in [1.807, 2.05) is 6.92 Å². The van der Waals surface area contributed by atoms with E-state index < -0.39 is 0 Å².